The highest BCUT2D eigenvalue weighted by Gasteiger charge is 2.30. The summed E-state index contributed by atoms with van der Waals surface area (Å²) in [6, 6.07) is 6.49. The summed E-state index contributed by atoms with van der Waals surface area (Å²) in [5.74, 6) is -0.112. The number of rotatable bonds is 8. The van der Waals surface area contributed by atoms with Gasteiger partial charge < -0.3 is 14.8 Å². The van der Waals surface area contributed by atoms with Crippen molar-refractivity contribution in [2.45, 2.75) is 33.2 Å². The van der Waals surface area contributed by atoms with Crippen LogP contribution in [0, 0.1) is 5.92 Å². The maximum atomic E-state index is 12.1. The maximum Gasteiger partial charge on any atom is 0.329 e. The van der Waals surface area contributed by atoms with Crippen molar-refractivity contribution < 1.29 is 19.1 Å². The Bertz CT molecular complexity index is 470. The molecule has 116 valence electrons. The van der Waals surface area contributed by atoms with E-state index in [4.69, 9.17) is 9.47 Å². The van der Waals surface area contributed by atoms with Crippen LogP contribution in [0.3, 0.4) is 0 Å². The average molecular weight is 293 g/mol. The highest BCUT2D eigenvalue weighted by atomic mass is 16.5. The molecule has 1 aromatic rings. The first-order valence-electron chi connectivity index (χ1n) is 7.13. The molecule has 0 saturated heterocycles. The number of anilines is 1. The van der Waals surface area contributed by atoms with E-state index in [2.05, 4.69) is 5.32 Å². The van der Waals surface area contributed by atoms with Crippen LogP contribution >= 0.6 is 0 Å². The Kier molecular flexibility index (Phi) is 6.72. The van der Waals surface area contributed by atoms with Crippen LogP contribution in [0.4, 0.5) is 5.69 Å². The molecule has 0 aliphatic rings. The van der Waals surface area contributed by atoms with Gasteiger partial charge in [-0.2, -0.15) is 0 Å². The third-order valence-electron chi connectivity index (χ3n) is 3.31. The van der Waals surface area contributed by atoms with E-state index in [1.165, 1.54) is 0 Å². The van der Waals surface area contributed by atoms with Gasteiger partial charge in [-0.05, 0) is 31.2 Å². The van der Waals surface area contributed by atoms with Crippen LogP contribution in [0.15, 0.2) is 24.3 Å². The predicted octanol–water partition coefficient (Wildman–Crippen LogP) is 2.65. The van der Waals surface area contributed by atoms with E-state index in [1.54, 1.807) is 52.1 Å². The van der Waals surface area contributed by atoms with Crippen molar-refractivity contribution in [2.24, 2.45) is 5.92 Å². The molecule has 5 heteroatoms. The number of benzene rings is 1. The minimum atomic E-state index is -0.689. The van der Waals surface area contributed by atoms with Crippen LogP contribution in [0.1, 0.15) is 27.2 Å². The van der Waals surface area contributed by atoms with Crippen molar-refractivity contribution in [1.29, 1.82) is 0 Å². The molecule has 0 saturated carbocycles. The molecule has 0 radical (unpaired) electrons. The first-order chi connectivity index (χ1) is 10.0. The molecule has 1 rings (SSSR count). The van der Waals surface area contributed by atoms with Crippen LogP contribution in [0.25, 0.3) is 0 Å². The van der Waals surface area contributed by atoms with E-state index in [1.807, 2.05) is 0 Å². The van der Waals surface area contributed by atoms with Gasteiger partial charge in [0.25, 0.3) is 0 Å². The minimum absolute atomic E-state index is 0.0223. The molecule has 0 amide bonds. The fraction of sp³-hybridized carbons (Fsp3) is 0.500. The Morgan fingerprint density at radius 3 is 2.29 bits per heavy atom. The average Bonchev–Trinajstić information content (AvgIpc) is 2.51. The number of ether oxygens (including phenoxy) is 2. The summed E-state index contributed by atoms with van der Waals surface area (Å²) in [7, 11) is 1.59. The Labute approximate surface area is 125 Å². The number of esters is 1. The van der Waals surface area contributed by atoms with E-state index in [9.17, 15) is 9.59 Å². The number of hydrogen-bond donors (Lipinski definition) is 1. The number of Topliss-reactive ketones (excluding diaryl/α,β-unsaturated/α-hetero) is 1. The molecule has 0 aromatic heterocycles. The monoisotopic (exact) mass is 293 g/mol. The summed E-state index contributed by atoms with van der Waals surface area (Å²) in [5, 5.41) is 3.08. The van der Waals surface area contributed by atoms with E-state index in [0.29, 0.717) is 6.42 Å². The number of carbonyl (C=O) groups excluding carboxylic acids is 2. The third kappa shape index (κ3) is 4.77. The normalized spacial score (nSPS) is 13.1. The van der Waals surface area contributed by atoms with Crippen molar-refractivity contribution in [1.82, 2.24) is 0 Å². The van der Waals surface area contributed by atoms with Gasteiger partial charge in [0.05, 0.1) is 13.7 Å². The molecule has 2 atom stereocenters. The first kappa shape index (κ1) is 17.0. The summed E-state index contributed by atoms with van der Waals surface area (Å²) in [6.45, 7) is 5.56. The SMILES string of the molecule is CCOC(=O)[C@@H](Nc1ccc(OC)cc1)[C@H](C)C(=O)CC. The van der Waals surface area contributed by atoms with E-state index < -0.39 is 17.9 Å². The van der Waals surface area contributed by atoms with Crippen LogP contribution in [-0.4, -0.2) is 31.5 Å². The van der Waals surface area contributed by atoms with E-state index >= 15 is 0 Å². The zero-order valence-electron chi connectivity index (χ0n) is 13.0. The van der Waals surface area contributed by atoms with Crippen molar-refractivity contribution in [3.63, 3.8) is 0 Å². The molecule has 0 spiro atoms. The van der Waals surface area contributed by atoms with E-state index in [0.717, 1.165) is 11.4 Å². The standard InChI is InChI=1S/C16H23NO4/c1-5-14(18)11(3)15(16(19)21-6-2)17-12-7-9-13(20-4)10-8-12/h7-11,15,17H,5-6H2,1-4H3/t11-,15+/m1/s1. The highest BCUT2D eigenvalue weighted by Crippen LogP contribution is 2.19. The first-order valence-corrected chi connectivity index (χ1v) is 7.13. The lowest BCUT2D eigenvalue weighted by Crippen LogP contribution is -2.40. The van der Waals surface area contributed by atoms with Crippen molar-refractivity contribution in [3.8, 4) is 5.75 Å². The van der Waals surface area contributed by atoms with Crippen LogP contribution < -0.4 is 10.1 Å². The fourth-order valence-corrected chi connectivity index (χ4v) is 1.99. The molecule has 0 heterocycles. The van der Waals surface area contributed by atoms with E-state index in [-0.39, 0.29) is 12.4 Å². The lowest BCUT2D eigenvalue weighted by Gasteiger charge is -2.23. The second-order valence-electron chi connectivity index (χ2n) is 4.71. The van der Waals surface area contributed by atoms with Crippen molar-refractivity contribution in [3.05, 3.63) is 24.3 Å². The van der Waals surface area contributed by atoms with Gasteiger partial charge in [-0.3, -0.25) is 4.79 Å². The molecule has 21 heavy (non-hydrogen) atoms. The summed E-state index contributed by atoms with van der Waals surface area (Å²) in [4.78, 5) is 24.0. The minimum Gasteiger partial charge on any atom is -0.497 e. The summed E-state index contributed by atoms with van der Waals surface area (Å²) in [6.07, 6.45) is 0.390. The van der Waals surface area contributed by atoms with Gasteiger partial charge in [0.15, 0.2) is 0 Å². The molecule has 1 N–H and O–H groups in total. The van der Waals surface area contributed by atoms with Gasteiger partial charge in [-0.1, -0.05) is 13.8 Å². The zero-order valence-corrected chi connectivity index (χ0v) is 13.0. The van der Waals surface area contributed by atoms with Crippen LogP contribution in [0.2, 0.25) is 0 Å². The molecule has 0 aliphatic carbocycles. The fourth-order valence-electron chi connectivity index (χ4n) is 1.99. The molecule has 0 aliphatic heterocycles. The molecular formula is C16H23NO4. The number of hydrogen-bond acceptors (Lipinski definition) is 5. The number of ketones is 1. The Morgan fingerprint density at radius 2 is 1.81 bits per heavy atom. The maximum absolute atomic E-state index is 12.1. The molecule has 0 bridgehead atoms. The summed E-state index contributed by atoms with van der Waals surface area (Å²) >= 11 is 0. The predicted molar refractivity (Wildman–Crippen MR) is 81.5 cm³/mol. The Morgan fingerprint density at radius 1 is 1.19 bits per heavy atom. The third-order valence-corrected chi connectivity index (χ3v) is 3.31. The van der Waals surface area contributed by atoms with Gasteiger partial charge in [-0.15, -0.1) is 0 Å². The lowest BCUT2D eigenvalue weighted by molar-refractivity contribution is -0.147. The smallest absolute Gasteiger partial charge is 0.329 e. The number of methoxy groups -OCH3 is 1. The topological polar surface area (TPSA) is 64.6 Å². The Balaban J connectivity index is 2.89. The molecule has 0 unspecified atom stereocenters. The van der Waals surface area contributed by atoms with Gasteiger partial charge in [0.1, 0.15) is 17.6 Å². The lowest BCUT2D eigenvalue weighted by atomic mass is 9.95. The second kappa shape index (κ2) is 8.29. The molecule has 1 aromatic carbocycles. The van der Waals surface area contributed by atoms with Crippen molar-refractivity contribution >= 4 is 17.4 Å². The number of nitrogens with one attached hydrogen (secondary N) is 1. The highest BCUT2D eigenvalue weighted by molar-refractivity contribution is 5.90. The van der Waals surface area contributed by atoms with Crippen LogP contribution in [-0.2, 0) is 14.3 Å². The van der Waals surface area contributed by atoms with Gasteiger partial charge in [0.2, 0.25) is 0 Å². The molecule has 5 nitrogen and oxygen atoms in total. The Hall–Kier alpha value is -2.04. The van der Waals surface area contributed by atoms with Gasteiger partial charge in [-0.25, -0.2) is 4.79 Å². The quantitative estimate of drug-likeness (QED) is 0.746. The van der Waals surface area contributed by atoms with Gasteiger partial charge in [0, 0.05) is 18.0 Å². The van der Waals surface area contributed by atoms with Crippen molar-refractivity contribution in [2.75, 3.05) is 19.0 Å². The second-order valence-corrected chi connectivity index (χ2v) is 4.71. The molecular weight excluding hydrogens is 270 g/mol. The summed E-state index contributed by atoms with van der Waals surface area (Å²) < 4.78 is 10.1. The van der Waals surface area contributed by atoms with Crippen LogP contribution in [0.5, 0.6) is 5.75 Å². The summed E-state index contributed by atoms with van der Waals surface area (Å²) in [5.41, 5.74) is 0.740. The molecule has 0 fully saturated rings. The largest absolute Gasteiger partial charge is 0.497 e. The zero-order chi connectivity index (χ0) is 15.8. The number of carbonyl (C=O) groups is 2. The van der Waals surface area contributed by atoms with Gasteiger partial charge >= 0.3 is 5.97 Å².